The molecule has 17 heavy (non-hydrogen) atoms. The topological polar surface area (TPSA) is 31.4 Å². The highest BCUT2D eigenvalue weighted by Crippen LogP contribution is 2.36. The number of ether oxygens (including phenoxy) is 2. The van der Waals surface area contributed by atoms with Gasteiger partial charge in [-0.05, 0) is 18.2 Å². The maximum atomic E-state index is 5.70. The van der Waals surface area contributed by atoms with E-state index in [1.807, 2.05) is 23.6 Å². The number of rotatable bonds is 3. The maximum Gasteiger partial charge on any atom is 0.231 e. The van der Waals surface area contributed by atoms with Crippen molar-refractivity contribution in [2.45, 2.75) is 6.42 Å². The highest BCUT2D eigenvalue weighted by atomic mass is 35.5. The van der Waals surface area contributed by atoms with E-state index in [-0.39, 0.29) is 0 Å². The highest BCUT2D eigenvalue weighted by Gasteiger charge is 2.15. The third kappa shape index (κ3) is 2.10. The molecule has 2 heterocycles. The van der Waals surface area contributed by atoms with Gasteiger partial charge in [0.2, 0.25) is 6.79 Å². The van der Waals surface area contributed by atoms with Crippen LogP contribution in [0.15, 0.2) is 23.6 Å². The monoisotopic (exact) mass is 267 g/mol. The molecule has 0 saturated carbocycles. The number of benzene rings is 1. The van der Waals surface area contributed by atoms with Crippen LogP contribution in [-0.4, -0.2) is 17.7 Å². The molecule has 5 heteroatoms. The van der Waals surface area contributed by atoms with Crippen molar-refractivity contribution in [1.29, 1.82) is 0 Å². The molecule has 0 bridgehead atoms. The third-order valence-electron chi connectivity index (χ3n) is 2.52. The van der Waals surface area contributed by atoms with Crippen LogP contribution in [0.25, 0.3) is 10.6 Å². The van der Waals surface area contributed by atoms with Crippen molar-refractivity contribution in [1.82, 2.24) is 4.98 Å². The van der Waals surface area contributed by atoms with E-state index in [1.165, 1.54) is 0 Å². The van der Waals surface area contributed by atoms with Crippen LogP contribution >= 0.6 is 22.9 Å². The van der Waals surface area contributed by atoms with Crippen LogP contribution in [0.4, 0.5) is 0 Å². The van der Waals surface area contributed by atoms with Gasteiger partial charge < -0.3 is 9.47 Å². The van der Waals surface area contributed by atoms with Crippen molar-refractivity contribution in [3.63, 3.8) is 0 Å². The lowest BCUT2D eigenvalue weighted by Crippen LogP contribution is -1.92. The van der Waals surface area contributed by atoms with Gasteiger partial charge >= 0.3 is 0 Å². The zero-order valence-electron chi connectivity index (χ0n) is 8.98. The Morgan fingerprint density at radius 1 is 1.29 bits per heavy atom. The molecule has 0 N–H and O–H groups in total. The highest BCUT2D eigenvalue weighted by molar-refractivity contribution is 7.13. The Bertz CT molecular complexity index is 541. The molecule has 0 unspecified atom stereocenters. The van der Waals surface area contributed by atoms with Gasteiger partial charge in [-0.25, -0.2) is 4.98 Å². The summed E-state index contributed by atoms with van der Waals surface area (Å²) in [5, 5.41) is 3.03. The Morgan fingerprint density at radius 3 is 3.06 bits per heavy atom. The van der Waals surface area contributed by atoms with Gasteiger partial charge in [0.05, 0.1) is 5.69 Å². The van der Waals surface area contributed by atoms with E-state index in [2.05, 4.69) is 4.98 Å². The molecule has 0 fully saturated rings. The molecular weight excluding hydrogens is 258 g/mol. The minimum absolute atomic E-state index is 0.300. The Balaban J connectivity index is 1.92. The van der Waals surface area contributed by atoms with Crippen molar-refractivity contribution in [3.8, 4) is 22.1 Å². The maximum absolute atomic E-state index is 5.70. The quantitative estimate of drug-likeness (QED) is 0.800. The Kier molecular flexibility index (Phi) is 2.91. The molecule has 1 aliphatic heterocycles. The van der Waals surface area contributed by atoms with Gasteiger partial charge in [-0.3, -0.25) is 0 Å². The number of aromatic nitrogens is 1. The summed E-state index contributed by atoms with van der Waals surface area (Å²) >= 11 is 7.32. The lowest BCUT2D eigenvalue weighted by atomic mass is 10.2. The first-order valence-corrected chi connectivity index (χ1v) is 6.68. The van der Waals surface area contributed by atoms with Crippen molar-refractivity contribution in [2.24, 2.45) is 0 Å². The molecule has 1 aromatic carbocycles. The van der Waals surface area contributed by atoms with E-state index in [1.54, 1.807) is 11.3 Å². The molecule has 3 rings (SSSR count). The van der Waals surface area contributed by atoms with Crippen LogP contribution in [-0.2, 0) is 6.42 Å². The Morgan fingerprint density at radius 2 is 2.18 bits per heavy atom. The van der Waals surface area contributed by atoms with E-state index in [0.717, 1.165) is 34.2 Å². The SMILES string of the molecule is ClCCc1csc(-c2ccc3c(c2)OCO3)n1. The fourth-order valence-corrected chi connectivity index (χ4v) is 2.73. The van der Waals surface area contributed by atoms with Gasteiger partial charge in [0.1, 0.15) is 5.01 Å². The van der Waals surface area contributed by atoms with E-state index >= 15 is 0 Å². The molecule has 0 amide bonds. The van der Waals surface area contributed by atoms with Crippen molar-refractivity contribution >= 4 is 22.9 Å². The first kappa shape index (κ1) is 10.9. The summed E-state index contributed by atoms with van der Waals surface area (Å²) in [5.74, 6) is 2.19. The summed E-state index contributed by atoms with van der Waals surface area (Å²) in [7, 11) is 0. The first-order valence-electron chi connectivity index (χ1n) is 5.27. The van der Waals surface area contributed by atoms with Crippen molar-refractivity contribution < 1.29 is 9.47 Å². The van der Waals surface area contributed by atoms with Crippen molar-refractivity contribution in [3.05, 3.63) is 29.3 Å². The number of thiazole rings is 1. The van der Waals surface area contributed by atoms with Crippen LogP contribution in [0, 0.1) is 0 Å². The third-order valence-corrected chi connectivity index (χ3v) is 3.65. The number of hydrogen-bond donors (Lipinski definition) is 0. The minimum atomic E-state index is 0.300. The Hall–Kier alpha value is -1.26. The standard InChI is InChI=1S/C12H10ClNO2S/c13-4-3-9-6-17-12(14-9)8-1-2-10-11(5-8)16-7-15-10/h1-2,5-6H,3-4,7H2. The van der Waals surface area contributed by atoms with Gasteiger partial charge in [0, 0.05) is 23.2 Å². The summed E-state index contributed by atoms with van der Waals surface area (Å²) in [5.41, 5.74) is 2.10. The van der Waals surface area contributed by atoms with E-state index < -0.39 is 0 Å². The van der Waals surface area contributed by atoms with Gasteiger partial charge in [0.15, 0.2) is 11.5 Å². The molecule has 0 spiro atoms. The lowest BCUT2D eigenvalue weighted by Gasteiger charge is -1.99. The second kappa shape index (κ2) is 4.55. The molecule has 0 aliphatic carbocycles. The van der Waals surface area contributed by atoms with Crippen LogP contribution in [0.2, 0.25) is 0 Å². The average Bonchev–Trinajstić information content (AvgIpc) is 2.96. The number of halogens is 1. The van der Waals surface area contributed by atoms with E-state index in [0.29, 0.717) is 12.7 Å². The second-order valence-corrected chi connectivity index (χ2v) is 4.89. The van der Waals surface area contributed by atoms with Crippen LogP contribution in [0.3, 0.4) is 0 Å². The fourth-order valence-electron chi connectivity index (χ4n) is 1.68. The van der Waals surface area contributed by atoms with Crippen molar-refractivity contribution in [2.75, 3.05) is 12.7 Å². The number of fused-ring (bicyclic) bond motifs is 1. The molecular formula is C12H10ClNO2S. The molecule has 1 aliphatic rings. The molecule has 0 saturated heterocycles. The predicted molar refractivity (Wildman–Crippen MR) is 68.1 cm³/mol. The average molecular weight is 268 g/mol. The predicted octanol–water partition coefficient (Wildman–Crippen LogP) is 3.32. The molecule has 3 nitrogen and oxygen atoms in total. The molecule has 0 radical (unpaired) electrons. The van der Waals surface area contributed by atoms with Gasteiger partial charge in [-0.1, -0.05) is 0 Å². The van der Waals surface area contributed by atoms with Gasteiger partial charge in [-0.15, -0.1) is 22.9 Å². The zero-order chi connectivity index (χ0) is 11.7. The summed E-state index contributed by atoms with van der Waals surface area (Å²) in [6.07, 6.45) is 0.808. The van der Waals surface area contributed by atoms with Gasteiger partial charge in [0.25, 0.3) is 0 Å². The lowest BCUT2D eigenvalue weighted by molar-refractivity contribution is 0.174. The largest absolute Gasteiger partial charge is 0.454 e. The molecule has 0 atom stereocenters. The van der Waals surface area contributed by atoms with Gasteiger partial charge in [-0.2, -0.15) is 0 Å². The summed E-state index contributed by atoms with van der Waals surface area (Å²) in [6, 6.07) is 5.88. The number of aryl methyl sites for hydroxylation is 1. The normalized spacial score (nSPS) is 13.0. The number of nitrogens with zero attached hydrogens (tertiary/aromatic N) is 1. The second-order valence-electron chi connectivity index (χ2n) is 3.65. The first-order chi connectivity index (χ1) is 8.36. The van der Waals surface area contributed by atoms with E-state index in [4.69, 9.17) is 21.1 Å². The molecule has 88 valence electrons. The fraction of sp³-hybridized carbons (Fsp3) is 0.250. The van der Waals surface area contributed by atoms with Crippen LogP contribution < -0.4 is 9.47 Å². The van der Waals surface area contributed by atoms with E-state index in [9.17, 15) is 0 Å². The number of alkyl halides is 1. The summed E-state index contributed by atoms with van der Waals surface area (Å²) in [6.45, 7) is 0.300. The molecule has 2 aromatic rings. The summed E-state index contributed by atoms with van der Waals surface area (Å²) < 4.78 is 10.6. The van der Waals surface area contributed by atoms with Crippen LogP contribution in [0.5, 0.6) is 11.5 Å². The summed E-state index contributed by atoms with van der Waals surface area (Å²) in [4.78, 5) is 4.53. The van der Waals surface area contributed by atoms with Crippen LogP contribution in [0.1, 0.15) is 5.69 Å². The smallest absolute Gasteiger partial charge is 0.231 e. The number of hydrogen-bond acceptors (Lipinski definition) is 4. The zero-order valence-corrected chi connectivity index (χ0v) is 10.6. The minimum Gasteiger partial charge on any atom is -0.454 e. The Labute approximate surface area is 108 Å². The molecule has 1 aromatic heterocycles.